The lowest BCUT2D eigenvalue weighted by molar-refractivity contribution is 0.0641. The van der Waals surface area contributed by atoms with Crippen molar-refractivity contribution in [1.82, 2.24) is 9.80 Å². The first-order chi connectivity index (χ1) is 10.4. The molecule has 1 aliphatic heterocycles. The Bertz CT molecular complexity index is 524. The van der Waals surface area contributed by atoms with E-state index in [4.69, 9.17) is 11.6 Å². The van der Waals surface area contributed by atoms with E-state index in [9.17, 15) is 4.79 Å². The monoisotopic (exact) mass is 322 g/mol. The molecule has 0 N–H and O–H groups in total. The molecule has 0 aliphatic carbocycles. The van der Waals surface area contributed by atoms with E-state index in [1.165, 1.54) is 12.8 Å². The summed E-state index contributed by atoms with van der Waals surface area (Å²) in [6.45, 7) is 9.60. The van der Waals surface area contributed by atoms with E-state index in [0.717, 1.165) is 30.8 Å². The van der Waals surface area contributed by atoms with Crippen LogP contribution < -0.4 is 0 Å². The van der Waals surface area contributed by atoms with Crippen LogP contribution in [-0.2, 0) is 0 Å². The molecular weight excluding hydrogens is 296 g/mol. The molecule has 22 heavy (non-hydrogen) atoms. The van der Waals surface area contributed by atoms with Crippen molar-refractivity contribution >= 4 is 17.5 Å². The van der Waals surface area contributed by atoms with Gasteiger partial charge in [-0.3, -0.25) is 4.79 Å². The zero-order valence-electron chi connectivity index (χ0n) is 14.1. The molecule has 3 nitrogen and oxygen atoms in total. The van der Waals surface area contributed by atoms with Gasteiger partial charge in [0.25, 0.3) is 5.91 Å². The molecule has 2 rings (SSSR count). The van der Waals surface area contributed by atoms with Crippen LogP contribution in [0.25, 0.3) is 0 Å². The van der Waals surface area contributed by atoms with Crippen LogP contribution in [0, 0.1) is 12.8 Å². The third kappa shape index (κ3) is 4.02. The fraction of sp³-hybridized carbons (Fsp3) is 0.611. The topological polar surface area (TPSA) is 23.6 Å². The van der Waals surface area contributed by atoms with Gasteiger partial charge in [0.15, 0.2) is 0 Å². The maximum absolute atomic E-state index is 12.8. The number of likely N-dealkylation sites (tertiary alicyclic amines) is 1. The molecule has 1 aromatic carbocycles. The number of likely N-dealkylation sites (N-methyl/N-ethyl adjacent to an activating group) is 1. The van der Waals surface area contributed by atoms with Gasteiger partial charge in [-0.2, -0.15) is 0 Å². The number of amides is 1. The second kappa shape index (κ2) is 7.47. The molecule has 0 radical (unpaired) electrons. The third-order valence-electron chi connectivity index (χ3n) is 4.64. The second-order valence-corrected chi connectivity index (χ2v) is 7.11. The zero-order chi connectivity index (χ0) is 16.3. The normalized spacial score (nSPS) is 17.0. The summed E-state index contributed by atoms with van der Waals surface area (Å²) in [5.41, 5.74) is 1.66. The van der Waals surface area contributed by atoms with Gasteiger partial charge < -0.3 is 9.80 Å². The number of hydrogen-bond acceptors (Lipinski definition) is 2. The summed E-state index contributed by atoms with van der Waals surface area (Å²) in [5.74, 6) is 0.514. The van der Waals surface area contributed by atoms with Crippen molar-refractivity contribution < 1.29 is 4.79 Å². The van der Waals surface area contributed by atoms with Crippen LogP contribution in [0.2, 0.25) is 5.02 Å². The first-order valence-corrected chi connectivity index (χ1v) is 8.53. The molecule has 1 fully saturated rings. The third-order valence-corrected chi connectivity index (χ3v) is 5.06. The number of benzene rings is 1. The minimum atomic E-state index is 0.0812. The molecule has 1 aliphatic rings. The predicted molar refractivity (Wildman–Crippen MR) is 92.6 cm³/mol. The molecule has 122 valence electrons. The summed E-state index contributed by atoms with van der Waals surface area (Å²) in [7, 11) is 1.92. The van der Waals surface area contributed by atoms with Gasteiger partial charge in [-0.05, 0) is 62.5 Å². The number of hydrogen-bond donors (Lipinski definition) is 0. The number of carbonyl (C=O) groups is 1. The highest BCUT2D eigenvalue weighted by atomic mass is 35.5. The summed E-state index contributed by atoms with van der Waals surface area (Å²) in [6, 6.07) is 5.75. The first-order valence-electron chi connectivity index (χ1n) is 8.16. The summed E-state index contributed by atoms with van der Waals surface area (Å²) in [4.78, 5) is 17.2. The van der Waals surface area contributed by atoms with Crippen molar-refractivity contribution in [3.63, 3.8) is 0 Å². The quantitative estimate of drug-likeness (QED) is 0.822. The molecule has 1 aromatic rings. The van der Waals surface area contributed by atoms with E-state index in [0.29, 0.717) is 10.9 Å². The number of rotatable bonds is 5. The number of nitrogens with zero attached hydrogens (tertiary/aromatic N) is 2. The highest BCUT2D eigenvalue weighted by molar-refractivity contribution is 6.31. The number of aryl methyl sites for hydroxylation is 1. The largest absolute Gasteiger partial charge is 0.337 e. The van der Waals surface area contributed by atoms with Gasteiger partial charge in [0.1, 0.15) is 0 Å². The molecule has 1 saturated heterocycles. The molecule has 0 spiro atoms. The Morgan fingerprint density at radius 3 is 2.50 bits per heavy atom. The summed E-state index contributed by atoms with van der Waals surface area (Å²) >= 11 is 6.06. The summed E-state index contributed by atoms with van der Waals surface area (Å²) in [5, 5.41) is 0.705. The Morgan fingerprint density at radius 1 is 1.32 bits per heavy atom. The molecule has 1 heterocycles. The van der Waals surface area contributed by atoms with Crippen LogP contribution >= 0.6 is 11.6 Å². The lowest BCUT2D eigenvalue weighted by Crippen LogP contribution is -2.47. The molecule has 1 amide bonds. The number of halogens is 1. The molecule has 1 atom stereocenters. The lowest BCUT2D eigenvalue weighted by atomic mass is 10.0. The van der Waals surface area contributed by atoms with Crippen molar-refractivity contribution in [2.45, 2.75) is 39.7 Å². The molecule has 0 saturated carbocycles. The lowest BCUT2D eigenvalue weighted by Gasteiger charge is -2.34. The van der Waals surface area contributed by atoms with Gasteiger partial charge in [-0.25, -0.2) is 0 Å². The van der Waals surface area contributed by atoms with Crippen LogP contribution in [0.1, 0.15) is 42.6 Å². The Morgan fingerprint density at radius 2 is 1.95 bits per heavy atom. The SMILES string of the molecule is Cc1cc(C(=O)N(C)C(CN2CCCC2)C(C)C)ccc1Cl. The van der Waals surface area contributed by atoms with Gasteiger partial charge in [0.2, 0.25) is 0 Å². The maximum Gasteiger partial charge on any atom is 0.253 e. The van der Waals surface area contributed by atoms with Crippen molar-refractivity contribution in [3.8, 4) is 0 Å². The highest BCUT2D eigenvalue weighted by Gasteiger charge is 2.27. The van der Waals surface area contributed by atoms with Gasteiger partial charge in [0, 0.05) is 30.2 Å². The average molecular weight is 323 g/mol. The predicted octanol–water partition coefficient (Wildman–Crippen LogP) is 3.84. The van der Waals surface area contributed by atoms with Gasteiger partial charge in [-0.1, -0.05) is 25.4 Å². The van der Waals surface area contributed by atoms with E-state index in [-0.39, 0.29) is 11.9 Å². The smallest absolute Gasteiger partial charge is 0.253 e. The van der Waals surface area contributed by atoms with Crippen LogP contribution in [0.5, 0.6) is 0 Å². The van der Waals surface area contributed by atoms with Gasteiger partial charge in [0.05, 0.1) is 0 Å². The summed E-state index contributed by atoms with van der Waals surface area (Å²) in [6.07, 6.45) is 2.55. The highest BCUT2D eigenvalue weighted by Crippen LogP contribution is 2.20. The van der Waals surface area contributed by atoms with Crippen molar-refractivity contribution in [1.29, 1.82) is 0 Å². The Hall–Kier alpha value is -1.06. The van der Waals surface area contributed by atoms with Gasteiger partial charge in [-0.15, -0.1) is 0 Å². The van der Waals surface area contributed by atoms with Crippen molar-refractivity contribution in [2.75, 3.05) is 26.7 Å². The van der Waals surface area contributed by atoms with Crippen molar-refractivity contribution in [3.05, 3.63) is 34.3 Å². The average Bonchev–Trinajstić information content (AvgIpc) is 2.99. The van der Waals surface area contributed by atoms with E-state index in [2.05, 4.69) is 18.7 Å². The Labute approximate surface area is 139 Å². The molecule has 0 aromatic heterocycles. The van der Waals surface area contributed by atoms with Crippen molar-refractivity contribution in [2.24, 2.45) is 5.92 Å². The molecule has 0 bridgehead atoms. The minimum absolute atomic E-state index is 0.0812. The number of carbonyl (C=O) groups excluding carboxylic acids is 1. The van der Waals surface area contributed by atoms with Crippen LogP contribution in [0.3, 0.4) is 0 Å². The fourth-order valence-corrected chi connectivity index (χ4v) is 3.26. The van der Waals surface area contributed by atoms with Gasteiger partial charge >= 0.3 is 0 Å². The molecular formula is C18H27ClN2O. The first kappa shape index (κ1) is 17.3. The Balaban J connectivity index is 2.12. The molecule has 4 heteroatoms. The fourth-order valence-electron chi connectivity index (χ4n) is 3.14. The van der Waals surface area contributed by atoms with E-state index in [1.54, 1.807) is 0 Å². The standard InChI is InChI=1S/C18H27ClN2O/c1-13(2)17(12-21-9-5-6-10-21)20(4)18(22)15-7-8-16(19)14(3)11-15/h7-8,11,13,17H,5-6,9-10,12H2,1-4H3. The minimum Gasteiger partial charge on any atom is -0.337 e. The zero-order valence-corrected chi connectivity index (χ0v) is 14.9. The summed E-state index contributed by atoms with van der Waals surface area (Å²) < 4.78 is 0. The molecule has 1 unspecified atom stereocenters. The van der Waals surface area contributed by atoms with E-state index < -0.39 is 0 Å². The maximum atomic E-state index is 12.8. The van der Waals surface area contributed by atoms with Crippen LogP contribution in [0.4, 0.5) is 0 Å². The van der Waals surface area contributed by atoms with E-state index >= 15 is 0 Å². The van der Waals surface area contributed by atoms with Crippen LogP contribution in [0.15, 0.2) is 18.2 Å². The second-order valence-electron chi connectivity index (χ2n) is 6.70. The van der Waals surface area contributed by atoms with Crippen LogP contribution in [-0.4, -0.2) is 48.4 Å². The Kier molecular flexibility index (Phi) is 5.87. The van der Waals surface area contributed by atoms with E-state index in [1.807, 2.05) is 37.1 Å².